The van der Waals surface area contributed by atoms with E-state index < -0.39 is 23.8 Å². The number of rotatable bonds is 10. The Bertz CT molecular complexity index is 1270. The number of dihydropyridines is 1. The topological polar surface area (TPSA) is 115 Å². The number of nitrogens with one attached hydrogen (secondary N) is 2. The fourth-order valence-electron chi connectivity index (χ4n) is 4.13. The van der Waals surface area contributed by atoms with Crippen molar-refractivity contribution < 1.29 is 28.6 Å². The molecule has 0 atom stereocenters. The number of ether oxygens (including phenoxy) is 3. The molecule has 1 aliphatic rings. The number of carbonyl (C=O) groups is 3. The highest BCUT2D eigenvalue weighted by atomic mass is 79.9. The van der Waals surface area contributed by atoms with Crippen molar-refractivity contribution in [2.45, 2.75) is 40.5 Å². The second kappa shape index (κ2) is 13.7. The van der Waals surface area contributed by atoms with Crippen molar-refractivity contribution >= 4 is 39.5 Å². The van der Waals surface area contributed by atoms with Gasteiger partial charge in [-0.05, 0) is 70.0 Å². The second-order valence-electron chi connectivity index (χ2n) is 8.67. The largest absolute Gasteiger partial charge is 0.484 e. The summed E-state index contributed by atoms with van der Waals surface area (Å²) < 4.78 is 17.2. The van der Waals surface area contributed by atoms with Gasteiger partial charge in [0, 0.05) is 15.9 Å². The molecule has 0 unspecified atom stereocenters. The van der Waals surface area contributed by atoms with Gasteiger partial charge in [-0.3, -0.25) is 4.79 Å². The normalized spacial score (nSPS) is 14.1. The molecule has 39 heavy (non-hydrogen) atoms. The smallest absolute Gasteiger partial charge is 0.336 e. The zero-order valence-corrected chi connectivity index (χ0v) is 24.2. The molecule has 0 radical (unpaired) electrons. The molecule has 0 saturated carbocycles. The molecule has 1 aliphatic heterocycles. The van der Waals surface area contributed by atoms with Gasteiger partial charge in [0.05, 0.1) is 36.0 Å². The molecule has 2 aromatic rings. The molecular formula is C29H32BrN3O6. The lowest BCUT2D eigenvalue weighted by atomic mass is 9.80. The number of hydrazone groups is 1. The molecule has 206 valence electrons. The van der Waals surface area contributed by atoms with Crippen LogP contribution in [-0.4, -0.2) is 43.4 Å². The predicted molar refractivity (Wildman–Crippen MR) is 151 cm³/mol. The highest BCUT2D eigenvalue weighted by Crippen LogP contribution is 2.39. The molecule has 9 nitrogen and oxygen atoms in total. The average Bonchev–Trinajstić information content (AvgIpc) is 2.91. The minimum absolute atomic E-state index is 0.196. The third-order valence-electron chi connectivity index (χ3n) is 5.94. The summed E-state index contributed by atoms with van der Waals surface area (Å²) in [6, 6.07) is 14.4. The van der Waals surface area contributed by atoms with Crippen LogP contribution < -0.4 is 15.5 Å². The van der Waals surface area contributed by atoms with Crippen LogP contribution in [0.5, 0.6) is 5.75 Å². The van der Waals surface area contributed by atoms with E-state index in [0.29, 0.717) is 39.6 Å². The fraction of sp³-hybridized carbons (Fsp3) is 0.310. The molecule has 0 fully saturated rings. The summed E-state index contributed by atoms with van der Waals surface area (Å²) in [5, 5.41) is 7.23. The zero-order valence-electron chi connectivity index (χ0n) is 22.6. The van der Waals surface area contributed by atoms with Crippen molar-refractivity contribution in [3.8, 4) is 5.75 Å². The van der Waals surface area contributed by atoms with E-state index in [4.69, 9.17) is 14.2 Å². The molecule has 0 bridgehead atoms. The van der Waals surface area contributed by atoms with Gasteiger partial charge in [-0.2, -0.15) is 5.10 Å². The Hall–Kier alpha value is -3.92. The Morgan fingerprint density at radius 3 is 1.95 bits per heavy atom. The number of carbonyl (C=O) groups excluding carboxylic acids is 3. The van der Waals surface area contributed by atoms with Gasteiger partial charge >= 0.3 is 11.9 Å². The van der Waals surface area contributed by atoms with Gasteiger partial charge in [-0.15, -0.1) is 0 Å². The predicted octanol–water partition coefficient (Wildman–Crippen LogP) is 4.73. The van der Waals surface area contributed by atoms with Gasteiger partial charge in [-0.1, -0.05) is 40.2 Å². The minimum Gasteiger partial charge on any atom is -0.484 e. The van der Waals surface area contributed by atoms with Crippen LogP contribution >= 0.6 is 15.9 Å². The molecule has 1 amide bonds. The summed E-state index contributed by atoms with van der Waals surface area (Å²) in [6.07, 6.45) is 0. The van der Waals surface area contributed by atoms with E-state index in [1.165, 1.54) is 0 Å². The van der Waals surface area contributed by atoms with Crippen molar-refractivity contribution in [1.82, 2.24) is 10.7 Å². The van der Waals surface area contributed by atoms with E-state index in [1.54, 1.807) is 58.9 Å². The number of amides is 1. The molecule has 2 N–H and O–H groups in total. The van der Waals surface area contributed by atoms with E-state index in [-0.39, 0.29) is 19.8 Å². The molecule has 0 saturated heterocycles. The van der Waals surface area contributed by atoms with Gasteiger partial charge in [0.25, 0.3) is 5.91 Å². The highest BCUT2D eigenvalue weighted by molar-refractivity contribution is 9.10. The Kier molecular flexibility index (Phi) is 10.4. The summed E-state index contributed by atoms with van der Waals surface area (Å²) in [4.78, 5) is 38.1. The molecular weight excluding hydrogens is 566 g/mol. The molecule has 0 aromatic heterocycles. The Morgan fingerprint density at radius 2 is 1.44 bits per heavy atom. The fourth-order valence-corrected chi connectivity index (χ4v) is 4.39. The van der Waals surface area contributed by atoms with Crippen LogP contribution in [0.4, 0.5) is 0 Å². The monoisotopic (exact) mass is 597 g/mol. The van der Waals surface area contributed by atoms with Crippen molar-refractivity contribution in [2.75, 3.05) is 19.8 Å². The average molecular weight is 598 g/mol. The Labute approximate surface area is 236 Å². The van der Waals surface area contributed by atoms with Crippen LogP contribution in [0.25, 0.3) is 0 Å². The number of esters is 2. The summed E-state index contributed by atoms with van der Waals surface area (Å²) in [5.41, 5.74) is 6.56. The number of nitrogens with zero attached hydrogens (tertiary/aromatic N) is 1. The summed E-state index contributed by atoms with van der Waals surface area (Å²) in [7, 11) is 0. The minimum atomic E-state index is -0.697. The van der Waals surface area contributed by atoms with E-state index in [1.807, 2.05) is 24.3 Å². The van der Waals surface area contributed by atoms with Crippen LogP contribution in [0.15, 0.2) is 80.6 Å². The SMILES string of the molecule is CCOC(=O)C1=C(C)NC(C)=C(C(=O)OCC)C1c1ccc(OCC(=O)N/N=C(\C)c2ccc(Br)cc2)cc1. The number of halogens is 1. The standard InChI is InChI=1S/C29H32BrN3O6/c1-6-37-28(35)25-18(4)31-19(5)26(29(36)38-7-2)27(25)21-10-14-23(15-11-21)39-16-24(34)33-32-17(3)20-8-12-22(30)13-9-20/h8-15,27,31H,6-7,16H2,1-5H3,(H,33,34)/b32-17+. The van der Waals surface area contributed by atoms with E-state index in [9.17, 15) is 14.4 Å². The van der Waals surface area contributed by atoms with Crippen LogP contribution in [0, 0.1) is 0 Å². The zero-order chi connectivity index (χ0) is 28.5. The maximum atomic E-state index is 12.9. The number of allylic oxidation sites excluding steroid dienone is 2. The van der Waals surface area contributed by atoms with Crippen molar-refractivity contribution in [1.29, 1.82) is 0 Å². The highest BCUT2D eigenvalue weighted by Gasteiger charge is 2.37. The Morgan fingerprint density at radius 1 is 0.897 bits per heavy atom. The number of hydrogen-bond donors (Lipinski definition) is 2. The molecule has 1 heterocycles. The first-order chi connectivity index (χ1) is 18.7. The number of hydrogen-bond acceptors (Lipinski definition) is 8. The first-order valence-corrected chi connectivity index (χ1v) is 13.3. The van der Waals surface area contributed by atoms with Crippen molar-refractivity contribution in [3.05, 3.63) is 86.7 Å². The van der Waals surface area contributed by atoms with Crippen LogP contribution in [0.3, 0.4) is 0 Å². The summed E-state index contributed by atoms with van der Waals surface area (Å²) in [6.45, 7) is 8.92. The van der Waals surface area contributed by atoms with Crippen LogP contribution in [0.2, 0.25) is 0 Å². The molecule has 0 aliphatic carbocycles. The lowest BCUT2D eigenvalue weighted by Crippen LogP contribution is -2.32. The third kappa shape index (κ3) is 7.57. The van der Waals surface area contributed by atoms with Crippen LogP contribution in [0.1, 0.15) is 51.7 Å². The molecule has 3 rings (SSSR count). The number of benzene rings is 2. The van der Waals surface area contributed by atoms with Gasteiger partial charge in [-0.25, -0.2) is 15.0 Å². The second-order valence-corrected chi connectivity index (χ2v) is 9.59. The Balaban J connectivity index is 1.75. The molecule has 2 aromatic carbocycles. The summed E-state index contributed by atoms with van der Waals surface area (Å²) >= 11 is 3.39. The first-order valence-electron chi connectivity index (χ1n) is 12.5. The van der Waals surface area contributed by atoms with Gasteiger partial charge in [0.1, 0.15) is 5.75 Å². The van der Waals surface area contributed by atoms with Crippen LogP contribution in [-0.2, 0) is 23.9 Å². The quantitative estimate of drug-likeness (QED) is 0.231. The van der Waals surface area contributed by atoms with Gasteiger partial charge < -0.3 is 19.5 Å². The van der Waals surface area contributed by atoms with Gasteiger partial charge in [0.2, 0.25) is 0 Å². The summed E-state index contributed by atoms with van der Waals surface area (Å²) in [5.74, 6) is -1.71. The molecule has 0 spiro atoms. The maximum absolute atomic E-state index is 12.9. The maximum Gasteiger partial charge on any atom is 0.336 e. The molecule has 10 heteroatoms. The van der Waals surface area contributed by atoms with E-state index >= 15 is 0 Å². The van der Waals surface area contributed by atoms with Gasteiger partial charge in [0.15, 0.2) is 6.61 Å². The van der Waals surface area contributed by atoms with E-state index in [2.05, 4.69) is 31.8 Å². The third-order valence-corrected chi connectivity index (χ3v) is 6.47. The van der Waals surface area contributed by atoms with Crippen molar-refractivity contribution in [3.63, 3.8) is 0 Å². The lowest BCUT2D eigenvalue weighted by Gasteiger charge is -2.30. The van der Waals surface area contributed by atoms with E-state index in [0.717, 1.165) is 10.0 Å². The van der Waals surface area contributed by atoms with Crippen molar-refractivity contribution in [2.24, 2.45) is 5.10 Å². The lowest BCUT2D eigenvalue weighted by molar-refractivity contribution is -0.139. The first kappa shape index (κ1) is 29.6.